The monoisotopic (exact) mass is 464 g/mol. The Morgan fingerprint density at radius 3 is 2.40 bits per heavy atom. The van der Waals surface area contributed by atoms with Crippen molar-refractivity contribution in [2.75, 3.05) is 0 Å². The lowest BCUT2D eigenvalue weighted by Crippen LogP contribution is -3.00. The zero-order valence-electron chi connectivity index (χ0n) is 14.0. The van der Waals surface area contributed by atoms with Crippen LogP contribution in [0.2, 0.25) is 0 Å². The summed E-state index contributed by atoms with van der Waals surface area (Å²) in [5, 5.41) is 0.626. The van der Waals surface area contributed by atoms with Gasteiger partial charge in [0, 0.05) is 16.5 Å². The lowest BCUT2D eigenvalue weighted by atomic mass is 10.1. The Morgan fingerprint density at radius 2 is 1.76 bits per heavy atom. The van der Waals surface area contributed by atoms with Crippen LogP contribution in [-0.4, -0.2) is 10.4 Å². The van der Waals surface area contributed by atoms with Crippen LogP contribution in [0.4, 0.5) is 0 Å². The zero-order valence-corrected chi connectivity index (χ0v) is 17.2. The normalized spacial score (nSPS) is 10.5. The summed E-state index contributed by atoms with van der Waals surface area (Å²) in [5.74, 6) is 0.857. The topological polar surface area (TPSA) is 43.0 Å². The number of para-hydroxylation sites is 1. The van der Waals surface area contributed by atoms with Gasteiger partial charge >= 0.3 is 5.56 Å². The van der Waals surface area contributed by atoms with E-state index < -0.39 is 0 Å². The van der Waals surface area contributed by atoms with E-state index in [1.807, 2.05) is 54.0 Å². The van der Waals surface area contributed by atoms with Gasteiger partial charge in [0.25, 0.3) is 5.82 Å². The molecule has 130 valence electrons. The number of ketones is 1. The van der Waals surface area contributed by atoms with E-state index in [9.17, 15) is 9.59 Å². The van der Waals surface area contributed by atoms with Crippen LogP contribution < -0.4 is 27.1 Å². The molecule has 0 atom stereocenters. The molecular formula is C19H18Br2N2O2. The molecule has 0 saturated heterocycles. The molecule has 6 heteroatoms. The number of nitrogens with zero attached hydrogens (tertiary/aromatic N) is 2. The SMILES string of the molecule is CCc1n(C)c(=O)c2ccccc2[n+]1CC(=O)c1ccc(Br)cc1.[Br-]. The lowest BCUT2D eigenvalue weighted by Gasteiger charge is -2.11. The Bertz CT molecular complexity index is 979. The minimum atomic E-state index is -0.0326. The molecule has 0 aliphatic rings. The first-order chi connectivity index (χ1) is 11.5. The summed E-state index contributed by atoms with van der Waals surface area (Å²) in [5.41, 5.74) is 1.42. The molecule has 4 nitrogen and oxygen atoms in total. The van der Waals surface area contributed by atoms with Crippen LogP contribution in [0.25, 0.3) is 10.9 Å². The molecule has 1 heterocycles. The molecule has 0 aliphatic carbocycles. The van der Waals surface area contributed by atoms with Crippen LogP contribution in [0, 0.1) is 0 Å². The molecule has 3 rings (SSSR count). The van der Waals surface area contributed by atoms with Gasteiger partial charge in [-0.25, -0.2) is 9.36 Å². The molecule has 0 aliphatic heterocycles. The second-order valence-corrected chi connectivity index (χ2v) is 6.58. The van der Waals surface area contributed by atoms with E-state index in [0.29, 0.717) is 17.4 Å². The van der Waals surface area contributed by atoms with Gasteiger partial charge in [0.1, 0.15) is 10.9 Å². The number of hydrogen-bond acceptors (Lipinski definition) is 2. The maximum atomic E-state index is 12.7. The number of fused-ring (bicyclic) bond motifs is 1. The fourth-order valence-electron chi connectivity index (χ4n) is 2.98. The Kier molecular flexibility index (Phi) is 6.30. The van der Waals surface area contributed by atoms with Crippen LogP contribution in [0.5, 0.6) is 0 Å². The summed E-state index contributed by atoms with van der Waals surface area (Å²) in [7, 11) is 1.76. The fourth-order valence-corrected chi connectivity index (χ4v) is 3.25. The summed E-state index contributed by atoms with van der Waals surface area (Å²) in [6, 6.07) is 14.8. The average Bonchev–Trinajstić information content (AvgIpc) is 2.60. The summed E-state index contributed by atoms with van der Waals surface area (Å²) < 4.78 is 4.52. The molecule has 0 N–H and O–H groups in total. The minimum absolute atomic E-state index is 0. The number of Topliss-reactive ketones (excluding diaryl/α,β-unsaturated/α-hetero) is 1. The predicted molar refractivity (Wildman–Crippen MR) is 97.2 cm³/mol. The van der Waals surface area contributed by atoms with Crippen molar-refractivity contribution in [3.63, 3.8) is 0 Å². The molecule has 2 aromatic carbocycles. The molecule has 3 aromatic rings. The van der Waals surface area contributed by atoms with E-state index in [-0.39, 0.29) is 34.9 Å². The van der Waals surface area contributed by atoms with Crippen molar-refractivity contribution in [3.05, 3.63) is 74.7 Å². The van der Waals surface area contributed by atoms with Crippen LogP contribution in [0.1, 0.15) is 23.1 Å². The Morgan fingerprint density at radius 1 is 1.12 bits per heavy atom. The maximum Gasteiger partial charge on any atom is 0.345 e. The minimum Gasteiger partial charge on any atom is -1.00 e. The Balaban J connectivity index is 0.00000225. The van der Waals surface area contributed by atoms with Crippen molar-refractivity contribution in [2.45, 2.75) is 19.9 Å². The molecule has 1 aromatic heterocycles. The lowest BCUT2D eigenvalue weighted by molar-refractivity contribution is -0.669. The highest BCUT2D eigenvalue weighted by molar-refractivity contribution is 9.10. The van der Waals surface area contributed by atoms with Gasteiger partial charge in [-0.15, -0.1) is 0 Å². The highest BCUT2D eigenvalue weighted by atomic mass is 79.9. The fraction of sp³-hybridized carbons (Fsp3) is 0.211. The number of carbonyl (C=O) groups is 1. The molecular weight excluding hydrogens is 448 g/mol. The van der Waals surface area contributed by atoms with E-state index in [0.717, 1.165) is 15.8 Å². The number of carbonyl (C=O) groups excluding carboxylic acids is 1. The summed E-state index contributed by atoms with van der Waals surface area (Å²) in [6.45, 7) is 2.20. The second-order valence-electron chi connectivity index (χ2n) is 5.67. The highest BCUT2D eigenvalue weighted by Crippen LogP contribution is 2.12. The summed E-state index contributed by atoms with van der Waals surface area (Å²) in [6.07, 6.45) is 0.671. The maximum absolute atomic E-state index is 12.7. The van der Waals surface area contributed by atoms with E-state index in [1.54, 1.807) is 17.7 Å². The molecule has 25 heavy (non-hydrogen) atoms. The molecule has 0 saturated carbocycles. The highest BCUT2D eigenvalue weighted by Gasteiger charge is 2.22. The van der Waals surface area contributed by atoms with Gasteiger partial charge in [-0.1, -0.05) is 47.1 Å². The molecule has 0 radical (unpaired) electrons. The standard InChI is InChI=1S/C19H18BrN2O2.BrH/c1-3-18-21(2)19(24)15-6-4-5-7-16(15)22(18)12-17(23)13-8-10-14(20)11-9-13;/h4-11H,3,12H2,1-2H3;1H/q+1;/p-1. The van der Waals surface area contributed by atoms with E-state index >= 15 is 0 Å². The number of hydrogen-bond donors (Lipinski definition) is 0. The van der Waals surface area contributed by atoms with Crippen LogP contribution in [0.3, 0.4) is 0 Å². The van der Waals surface area contributed by atoms with Crippen molar-refractivity contribution >= 4 is 32.6 Å². The first-order valence-electron chi connectivity index (χ1n) is 7.82. The van der Waals surface area contributed by atoms with E-state index in [1.165, 1.54) is 0 Å². The number of halogens is 2. The van der Waals surface area contributed by atoms with Gasteiger partial charge in [-0.2, -0.15) is 4.57 Å². The van der Waals surface area contributed by atoms with Crippen molar-refractivity contribution in [1.29, 1.82) is 0 Å². The van der Waals surface area contributed by atoms with Crippen molar-refractivity contribution in [1.82, 2.24) is 4.57 Å². The third-order valence-corrected chi connectivity index (χ3v) is 4.74. The van der Waals surface area contributed by atoms with Gasteiger partial charge in [0.2, 0.25) is 5.78 Å². The summed E-state index contributed by atoms with van der Waals surface area (Å²) >= 11 is 3.38. The van der Waals surface area contributed by atoms with E-state index in [2.05, 4.69) is 15.9 Å². The van der Waals surface area contributed by atoms with Crippen molar-refractivity contribution < 1.29 is 26.3 Å². The average molecular weight is 466 g/mol. The van der Waals surface area contributed by atoms with Crippen LogP contribution in [-0.2, 0) is 20.0 Å². The third kappa shape index (κ3) is 3.75. The van der Waals surface area contributed by atoms with Gasteiger partial charge in [-0.05, 0) is 24.3 Å². The van der Waals surface area contributed by atoms with E-state index in [4.69, 9.17) is 0 Å². The molecule has 0 bridgehead atoms. The quantitative estimate of drug-likeness (QED) is 0.403. The molecule has 0 unspecified atom stereocenters. The molecule has 0 fully saturated rings. The number of aromatic nitrogens is 2. The van der Waals surface area contributed by atoms with Crippen LogP contribution in [0.15, 0.2) is 57.8 Å². The van der Waals surface area contributed by atoms with Gasteiger partial charge in [-0.3, -0.25) is 4.79 Å². The number of benzene rings is 2. The van der Waals surface area contributed by atoms with Crippen LogP contribution >= 0.6 is 15.9 Å². The molecule has 0 spiro atoms. The second kappa shape index (κ2) is 8.06. The van der Waals surface area contributed by atoms with Crippen molar-refractivity contribution in [3.8, 4) is 0 Å². The Labute approximate surface area is 165 Å². The first-order valence-corrected chi connectivity index (χ1v) is 8.61. The number of rotatable bonds is 4. The smallest absolute Gasteiger partial charge is 0.345 e. The van der Waals surface area contributed by atoms with Gasteiger partial charge in [0.15, 0.2) is 6.54 Å². The van der Waals surface area contributed by atoms with Gasteiger partial charge in [0.05, 0.1) is 7.05 Å². The summed E-state index contributed by atoms with van der Waals surface area (Å²) in [4.78, 5) is 25.2. The predicted octanol–water partition coefficient (Wildman–Crippen LogP) is 0.0378. The molecule has 0 amide bonds. The largest absolute Gasteiger partial charge is 1.00 e. The third-order valence-electron chi connectivity index (χ3n) is 4.21. The van der Waals surface area contributed by atoms with Crippen molar-refractivity contribution in [2.24, 2.45) is 7.05 Å². The van der Waals surface area contributed by atoms with Gasteiger partial charge < -0.3 is 17.0 Å². The first kappa shape index (κ1) is 19.5. The zero-order chi connectivity index (χ0) is 17.3. The Hall–Kier alpha value is -1.79.